The maximum absolute atomic E-state index is 10.6. The molecule has 20 heavy (non-hydrogen) atoms. The van der Waals surface area contributed by atoms with E-state index in [2.05, 4.69) is 9.68 Å². The minimum absolute atomic E-state index is 0.515. The van der Waals surface area contributed by atoms with E-state index in [1.807, 2.05) is 12.1 Å². The lowest BCUT2D eigenvalue weighted by Crippen LogP contribution is -2.18. The summed E-state index contributed by atoms with van der Waals surface area (Å²) in [6.07, 6.45) is -2.28. The van der Waals surface area contributed by atoms with Crippen LogP contribution in [0.3, 0.4) is 0 Å². The van der Waals surface area contributed by atoms with Gasteiger partial charge < -0.3 is 9.68 Å². The summed E-state index contributed by atoms with van der Waals surface area (Å²) in [5, 5.41) is 20.8. The molecule has 2 atom stereocenters. The van der Waals surface area contributed by atoms with Crippen molar-refractivity contribution in [2.45, 2.75) is 12.2 Å². The highest BCUT2D eigenvalue weighted by molar-refractivity contribution is 5.91. The number of hydrogen-bond donors (Lipinski definition) is 0. The van der Waals surface area contributed by atoms with Gasteiger partial charge in [-0.05, 0) is 21.9 Å². The van der Waals surface area contributed by atoms with Crippen LogP contribution in [0.1, 0.15) is 23.3 Å². The number of hydrogen-bond acceptors (Lipinski definition) is 6. The van der Waals surface area contributed by atoms with Gasteiger partial charge in [-0.15, -0.1) is 20.2 Å². The van der Waals surface area contributed by atoms with Crippen molar-refractivity contribution in [1.29, 1.82) is 0 Å². The van der Waals surface area contributed by atoms with Gasteiger partial charge in [0.25, 0.3) is 10.2 Å². The molecule has 102 valence electrons. The van der Waals surface area contributed by atoms with Gasteiger partial charge in [0.05, 0.1) is 0 Å². The van der Waals surface area contributed by atoms with E-state index < -0.39 is 22.4 Å². The molecule has 0 amide bonds. The Labute approximate surface area is 111 Å². The van der Waals surface area contributed by atoms with Crippen molar-refractivity contribution in [3.05, 3.63) is 67.8 Å². The largest absolute Gasteiger partial charge is 0.303 e. The highest BCUT2D eigenvalue weighted by atomic mass is 17.0. The van der Waals surface area contributed by atoms with E-state index in [9.17, 15) is 20.2 Å². The predicted octanol–water partition coefficient (Wildman–Crippen LogP) is 2.35. The first-order chi connectivity index (χ1) is 9.58. The summed E-state index contributed by atoms with van der Waals surface area (Å²) in [6, 6.07) is 10.4. The van der Waals surface area contributed by atoms with Crippen LogP contribution in [-0.2, 0) is 9.68 Å². The van der Waals surface area contributed by atoms with Gasteiger partial charge in [-0.25, -0.2) is 0 Å². The Morgan fingerprint density at radius 1 is 0.850 bits per heavy atom. The normalized spacial score (nSPS) is 19.8. The molecule has 0 bridgehead atoms. The third kappa shape index (κ3) is 1.78. The van der Waals surface area contributed by atoms with Gasteiger partial charge in [0.15, 0.2) is 12.2 Å². The zero-order valence-corrected chi connectivity index (χ0v) is 9.96. The second kappa shape index (κ2) is 4.34. The molecule has 0 radical (unpaired) electrons. The smallest absolute Gasteiger partial charge is 0.295 e. The lowest BCUT2D eigenvalue weighted by Gasteiger charge is -2.17. The molecule has 0 N–H and O–H groups in total. The van der Waals surface area contributed by atoms with Crippen molar-refractivity contribution in [1.82, 2.24) is 0 Å². The van der Waals surface area contributed by atoms with Crippen molar-refractivity contribution >= 4 is 10.8 Å². The number of benzene rings is 2. The first-order valence-electron chi connectivity index (χ1n) is 5.72. The summed E-state index contributed by atoms with van der Waals surface area (Å²) in [6.45, 7) is 0. The zero-order valence-electron chi connectivity index (χ0n) is 9.96. The Bertz CT molecular complexity index is 659. The summed E-state index contributed by atoms with van der Waals surface area (Å²) < 4.78 is 0. The molecule has 8 nitrogen and oxygen atoms in total. The maximum Gasteiger partial charge on any atom is 0.295 e. The van der Waals surface area contributed by atoms with Gasteiger partial charge in [-0.2, -0.15) is 0 Å². The van der Waals surface area contributed by atoms with E-state index in [4.69, 9.17) is 0 Å². The van der Waals surface area contributed by atoms with Crippen molar-refractivity contribution in [3.8, 4) is 0 Å². The quantitative estimate of drug-likeness (QED) is 0.627. The molecule has 0 aliphatic heterocycles. The van der Waals surface area contributed by atoms with Crippen LogP contribution in [-0.4, -0.2) is 10.2 Å². The first-order valence-corrected chi connectivity index (χ1v) is 5.72. The molecule has 0 unspecified atom stereocenters. The monoisotopic (exact) mass is 276 g/mol. The van der Waals surface area contributed by atoms with Crippen LogP contribution in [0, 0.1) is 20.2 Å². The third-order valence-corrected chi connectivity index (χ3v) is 3.26. The Morgan fingerprint density at radius 3 is 1.70 bits per heavy atom. The highest BCUT2D eigenvalue weighted by Crippen LogP contribution is 2.47. The van der Waals surface area contributed by atoms with Crippen LogP contribution >= 0.6 is 0 Å². The minimum Gasteiger partial charge on any atom is -0.303 e. The average Bonchev–Trinajstić information content (AvgIpc) is 2.67. The lowest BCUT2D eigenvalue weighted by molar-refractivity contribution is -0.802. The fourth-order valence-electron chi connectivity index (χ4n) is 2.61. The molecule has 1 aliphatic rings. The van der Waals surface area contributed by atoms with Gasteiger partial charge in [0.1, 0.15) is 0 Å². The van der Waals surface area contributed by atoms with Crippen LogP contribution in [0.4, 0.5) is 0 Å². The minimum atomic E-state index is -1.14. The molecule has 2 aromatic rings. The Morgan fingerprint density at radius 2 is 1.30 bits per heavy atom. The van der Waals surface area contributed by atoms with E-state index >= 15 is 0 Å². The fraction of sp³-hybridized carbons (Fsp3) is 0.167. The van der Waals surface area contributed by atoms with E-state index in [1.165, 1.54) is 0 Å². The molecule has 2 aromatic carbocycles. The standard InChI is InChI=1S/C12H8N2O6/c15-13(16)19-11-8-5-1-3-7-4-2-6-9(10(7)8)12(11)20-14(17)18/h1-6,11-12H/t11-,12-/m1/s1. The summed E-state index contributed by atoms with van der Waals surface area (Å²) in [5.74, 6) is 0. The Hall–Kier alpha value is -2.90. The number of rotatable bonds is 4. The molecule has 1 aliphatic carbocycles. The summed E-state index contributed by atoms with van der Waals surface area (Å²) in [5.41, 5.74) is 1.03. The summed E-state index contributed by atoms with van der Waals surface area (Å²) in [4.78, 5) is 30.4. The molecule has 0 spiro atoms. The summed E-state index contributed by atoms with van der Waals surface area (Å²) >= 11 is 0. The molecular weight excluding hydrogens is 268 g/mol. The van der Waals surface area contributed by atoms with Crippen molar-refractivity contribution in [3.63, 3.8) is 0 Å². The molecule has 3 rings (SSSR count). The van der Waals surface area contributed by atoms with Gasteiger partial charge in [0, 0.05) is 0 Å². The topological polar surface area (TPSA) is 105 Å². The molecule has 0 aromatic heterocycles. The second-order valence-electron chi connectivity index (χ2n) is 4.29. The predicted molar refractivity (Wildman–Crippen MR) is 65.6 cm³/mol. The molecular formula is C12H8N2O6. The van der Waals surface area contributed by atoms with Crippen LogP contribution in [0.25, 0.3) is 10.8 Å². The molecule has 0 fully saturated rings. The number of nitrogens with zero attached hydrogens (tertiary/aromatic N) is 2. The molecule has 8 heteroatoms. The van der Waals surface area contributed by atoms with Crippen molar-refractivity contribution in [2.75, 3.05) is 0 Å². The van der Waals surface area contributed by atoms with Crippen molar-refractivity contribution < 1.29 is 19.8 Å². The second-order valence-corrected chi connectivity index (χ2v) is 4.29. The lowest BCUT2D eigenvalue weighted by atomic mass is 10.1. The van der Waals surface area contributed by atoms with E-state index in [0.29, 0.717) is 16.5 Å². The van der Waals surface area contributed by atoms with Crippen LogP contribution < -0.4 is 0 Å². The summed E-state index contributed by atoms with van der Waals surface area (Å²) in [7, 11) is 0. The van der Waals surface area contributed by atoms with Crippen LogP contribution in [0.2, 0.25) is 0 Å². The zero-order chi connectivity index (χ0) is 14.3. The highest BCUT2D eigenvalue weighted by Gasteiger charge is 2.39. The SMILES string of the molecule is O=[N+]([O-])O[C@@H]1c2cccc3cccc(c23)[C@H]1O[N+](=O)[O-]. The average molecular weight is 276 g/mol. The van der Waals surface area contributed by atoms with Gasteiger partial charge in [0.2, 0.25) is 0 Å². The van der Waals surface area contributed by atoms with Crippen LogP contribution in [0.5, 0.6) is 0 Å². The molecule has 0 heterocycles. The van der Waals surface area contributed by atoms with Gasteiger partial charge in [-0.1, -0.05) is 36.4 Å². The van der Waals surface area contributed by atoms with Gasteiger partial charge in [-0.3, -0.25) is 0 Å². The van der Waals surface area contributed by atoms with E-state index in [1.54, 1.807) is 24.3 Å². The first kappa shape index (κ1) is 12.2. The fourth-order valence-corrected chi connectivity index (χ4v) is 2.61. The van der Waals surface area contributed by atoms with E-state index in [0.717, 1.165) is 5.39 Å². The third-order valence-electron chi connectivity index (χ3n) is 3.26. The Balaban J connectivity index is 2.17. The molecule has 0 saturated carbocycles. The maximum atomic E-state index is 10.6. The van der Waals surface area contributed by atoms with Crippen LogP contribution in [0.15, 0.2) is 36.4 Å². The van der Waals surface area contributed by atoms with Gasteiger partial charge >= 0.3 is 0 Å². The van der Waals surface area contributed by atoms with E-state index in [-0.39, 0.29) is 0 Å². The van der Waals surface area contributed by atoms with Crippen molar-refractivity contribution in [2.24, 2.45) is 0 Å². The Kier molecular flexibility index (Phi) is 2.63. The molecule has 0 saturated heterocycles.